The van der Waals surface area contributed by atoms with Crippen molar-refractivity contribution in [2.45, 2.75) is 11.3 Å². The molecule has 110 valence electrons. The smallest absolute Gasteiger partial charge is 0.306 e. The molecule has 11 heteroatoms. The zero-order chi connectivity index (χ0) is 15.5. The minimum absolute atomic E-state index is 0.446. The summed E-state index contributed by atoms with van der Waals surface area (Å²) in [6.45, 7) is -0.524. The van der Waals surface area contributed by atoms with E-state index >= 15 is 0 Å². The van der Waals surface area contributed by atoms with E-state index in [1.807, 2.05) is 0 Å². The van der Waals surface area contributed by atoms with Crippen LogP contribution in [0, 0.1) is 15.9 Å². The molecule has 0 spiro atoms. The molecule has 1 aromatic rings. The van der Waals surface area contributed by atoms with Gasteiger partial charge in [-0.2, -0.15) is 0 Å². The number of hydrogen-bond acceptors (Lipinski definition) is 6. The molecule has 0 atom stereocenters. The summed E-state index contributed by atoms with van der Waals surface area (Å²) in [6.07, 6.45) is -0.516. The zero-order valence-corrected chi connectivity index (χ0v) is 11.1. The number of carboxylic acid groups (broad SMARTS) is 1. The zero-order valence-electron chi connectivity index (χ0n) is 9.58. The van der Waals surface area contributed by atoms with Crippen LogP contribution in [0.4, 0.5) is 10.1 Å². The molecule has 1 N–H and O–H groups in total. The van der Waals surface area contributed by atoms with E-state index in [-0.39, 0.29) is 0 Å². The number of nitro groups is 1. The second kappa shape index (κ2) is 6.01. The molecule has 0 aliphatic carbocycles. The van der Waals surface area contributed by atoms with Gasteiger partial charge in [0.25, 0.3) is 14.7 Å². The first-order chi connectivity index (χ1) is 9.12. The van der Waals surface area contributed by atoms with E-state index in [1.54, 1.807) is 0 Å². The SMILES string of the molecule is O=C(O)CCOc1c(F)cc([N+](=O)[O-])cc1S(=O)(=O)Cl. The molecule has 0 saturated carbocycles. The molecule has 8 nitrogen and oxygen atoms in total. The third kappa shape index (κ3) is 4.03. The van der Waals surface area contributed by atoms with E-state index in [4.69, 9.17) is 20.5 Å². The second-order valence-electron chi connectivity index (χ2n) is 3.44. The van der Waals surface area contributed by atoms with Gasteiger partial charge in [0, 0.05) is 16.7 Å². The van der Waals surface area contributed by atoms with Crippen LogP contribution in [0.3, 0.4) is 0 Å². The summed E-state index contributed by atoms with van der Waals surface area (Å²) in [4.78, 5) is 18.9. The Hall–Kier alpha value is -1.94. The number of aliphatic carboxylic acids is 1. The van der Waals surface area contributed by atoms with Gasteiger partial charge in [0.05, 0.1) is 24.0 Å². The van der Waals surface area contributed by atoms with E-state index < -0.39 is 55.1 Å². The van der Waals surface area contributed by atoms with Crippen molar-refractivity contribution in [2.24, 2.45) is 0 Å². The van der Waals surface area contributed by atoms with Gasteiger partial charge in [-0.05, 0) is 0 Å². The van der Waals surface area contributed by atoms with E-state index in [2.05, 4.69) is 0 Å². The summed E-state index contributed by atoms with van der Waals surface area (Å²) in [5.41, 5.74) is -0.827. The molecule has 20 heavy (non-hydrogen) atoms. The second-order valence-corrected chi connectivity index (χ2v) is 5.98. The maximum atomic E-state index is 13.6. The Balaban J connectivity index is 3.28. The summed E-state index contributed by atoms with van der Waals surface area (Å²) >= 11 is 0. The van der Waals surface area contributed by atoms with Crippen LogP contribution in [0.25, 0.3) is 0 Å². The molecular formula is C9H7ClFNO7S. The van der Waals surface area contributed by atoms with Gasteiger partial charge in [-0.15, -0.1) is 0 Å². The summed E-state index contributed by atoms with van der Waals surface area (Å²) in [6, 6.07) is 0.975. The number of carbonyl (C=O) groups is 1. The van der Waals surface area contributed by atoms with Crippen LogP contribution < -0.4 is 4.74 Å². The number of carboxylic acids is 1. The average molecular weight is 328 g/mol. The lowest BCUT2D eigenvalue weighted by molar-refractivity contribution is -0.385. The van der Waals surface area contributed by atoms with E-state index in [0.29, 0.717) is 12.1 Å². The minimum Gasteiger partial charge on any atom is -0.488 e. The van der Waals surface area contributed by atoms with Gasteiger partial charge in [0.15, 0.2) is 11.6 Å². The first-order valence-electron chi connectivity index (χ1n) is 4.90. The Kier molecular flexibility index (Phi) is 4.84. The first kappa shape index (κ1) is 16.1. The third-order valence-electron chi connectivity index (χ3n) is 2.03. The molecule has 0 aliphatic rings. The average Bonchev–Trinajstić information content (AvgIpc) is 2.28. The van der Waals surface area contributed by atoms with Crippen LogP contribution in [0.2, 0.25) is 0 Å². The Morgan fingerprint density at radius 3 is 2.55 bits per heavy atom. The fourth-order valence-electron chi connectivity index (χ4n) is 1.22. The number of rotatable bonds is 6. The number of non-ortho nitro benzene ring substituents is 1. The van der Waals surface area contributed by atoms with Crippen LogP contribution in [-0.4, -0.2) is 31.0 Å². The normalized spacial score (nSPS) is 11.1. The van der Waals surface area contributed by atoms with Crippen molar-refractivity contribution >= 4 is 31.4 Å². The predicted molar refractivity (Wildman–Crippen MR) is 63.8 cm³/mol. The molecule has 0 aromatic heterocycles. The minimum atomic E-state index is -4.51. The van der Waals surface area contributed by atoms with Gasteiger partial charge in [-0.25, -0.2) is 12.8 Å². The van der Waals surface area contributed by atoms with E-state index in [1.165, 1.54) is 0 Å². The number of nitro benzene ring substituents is 1. The van der Waals surface area contributed by atoms with Crippen molar-refractivity contribution in [1.29, 1.82) is 0 Å². The first-order valence-corrected chi connectivity index (χ1v) is 7.21. The number of ether oxygens (including phenoxy) is 1. The monoisotopic (exact) mass is 327 g/mol. The van der Waals surface area contributed by atoms with Gasteiger partial charge in [-0.1, -0.05) is 0 Å². The Bertz CT molecular complexity index is 661. The lowest BCUT2D eigenvalue weighted by Crippen LogP contribution is -2.09. The van der Waals surface area contributed by atoms with Gasteiger partial charge < -0.3 is 9.84 Å². The van der Waals surface area contributed by atoms with E-state index in [0.717, 1.165) is 0 Å². The summed E-state index contributed by atoms with van der Waals surface area (Å²) in [7, 11) is 0.533. The van der Waals surface area contributed by atoms with E-state index in [9.17, 15) is 27.7 Å². The fraction of sp³-hybridized carbons (Fsp3) is 0.222. The third-order valence-corrected chi connectivity index (χ3v) is 3.36. The molecule has 0 amide bonds. The van der Waals surface area contributed by atoms with Gasteiger partial charge in [0.2, 0.25) is 0 Å². The molecule has 0 radical (unpaired) electrons. The van der Waals surface area contributed by atoms with Crippen LogP contribution in [0.15, 0.2) is 17.0 Å². The predicted octanol–water partition coefficient (Wildman–Crippen LogP) is 1.51. The highest BCUT2D eigenvalue weighted by Crippen LogP contribution is 2.33. The van der Waals surface area contributed by atoms with Crippen LogP contribution in [0.5, 0.6) is 5.75 Å². The highest BCUT2D eigenvalue weighted by molar-refractivity contribution is 8.13. The van der Waals surface area contributed by atoms with Gasteiger partial charge in [-0.3, -0.25) is 14.9 Å². The largest absolute Gasteiger partial charge is 0.488 e. The Morgan fingerprint density at radius 1 is 1.50 bits per heavy atom. The Labute approximate surface area is 116 Å². The number of halogens is 2. The molecule has 0 aliphatic heterocycles. The maximum Gasteiger partial charge on any atom is 0.306 e. The molecule has 1 rings (SSSR count). The van der Waals surface area contributed by atoms with Crippen LogP contribution >= 0.6 is 10.7 Å². The number of nitrogens with zero attached hydrogens (tertiary/aromatic N) is 1. The molecule has 0 bridgehead atoms. The lowest BCUT2D eigenvalue weighted by atomic mass is 10.3. The topological polar surface area (TPSA) is 124 Å². The standard InChI is InChI=1S/C9H7ClFNO7S/c10-20(17,18)7-4-5(12(15)16)3-6(11)9(7)19-2-1-8(13)14/h3-4H,1-2H2,(H,13,14). The van der Waals surface area contributed by atoms with Crippen molar-refractivity contribution in [3.8, 4) is 5.75 Å². The molecule has 1 aromatic carbocycles. The molecule has 0 unspecified atom stereocenters. The van der Waals surface area contributed by atoms with Gasteiger partial charge in [0.1, 0.15) is 4.90 Å². The van der Waals surface area contributed by atoms with Crippen molar-refractivity contribution in [2.75, 3.05) is 6.61 Å². The fourth-order valence-corrected chi connectivity index (χ4v) is 2.20. The van der Waals surface area contributed by atoms with Crippen molar-refractivity contribution in [1.82, 2.24) is 0 Å². The summed E-state index contributed by atoms with van der Waals surface area (Å²) in [5, 5.41) is 18.9. The van der Waals surface area contributed by atoms with Crippen molar-refractivity contribution in [3.05, 3.63) is 28.1 Å². The summed E-state index contributed by atoms with van der Waals surface area (Å²) in [5.74, 6) is -3.43. The molecule has 0 heterocycles. The molecule has 0 fully saturated rings. The van der Waals surface area contributed by atoms with Crippen molar-refractivity contribution < 1.29 is 32.4 Å². The number of benzene rings is 1. The quantitative estimate of drug-likeness (QED) is 0.477. The van der Waals surface area contributed by atoms with Crippen LogP contribution in [0.1, 0.15) is 6.42 Å². The lowest BCUT2D eigenvalue weighted by Gasteiger charge is -2.09. The van der Waals surface area contributed by atoms with Crippen LogP contribution in [-0.2, 0) is 13.8 Å². The summed E-state index contributed by atoms with van der Waals surface area (Å²) < 4.78 is 40.8. The Morgan fingerprint density at radius 2 is 2.10 bits per heavy atom. The highest BCUT2D eigenvalue weighted by Gasteiger charge is 2.26. The maximum absolute atomic E-state index is 13.6. The van der Waals surface area contributed by atoms with Crippen molar-refractivity contribution in [3.63, 3.8) is 0 Å². The number of hydrogen-bond donors (Lipinski definition) is 1. The highest BCUT2D eigenvalue weighted by atomic mass is 35.7. The van der Waals surface area contributed by atoms with Gasteiger partial charge >= 0.3 is 5.97 Å². The molecule has 0 saturated heterocycles. The molecular weight excluding hydrogens is 321 g/mol.